The second-order valence-corrected chi connectivity index (χ2v) is 6.56. The van der Waals surface area contributed by atoms with Gasteiger partial charge in [-0.15, -0.1) is 0 Å². The molecule has 124 valence electrons. The van der Waals surface area contributed by atoms with Crippen LogP contribution < -0.4 is 0 Å². The van der Waals surface area contributed by atoms with E-state index in [0.717, 1.165) is 11.2 Å². The lowest BCUT2D eigenvalue weighted by Crippen LogP contribution is -2.44. The van der Waals surface area contributed by atoms with E-state index in [2.05, 4.69) is 19.9 Å². The molecule has 1 fully saturated rings. The van der Waals surface area contributed by atoms with Gasteiger partial charge in [0, 0.05) is 6.54 Å². The molecule has 3 heterocycles. The summed E-state index contributed by atoms with van der Waals surface area (Å²) in [6.45, 7) is 8.76. The van der Waals surface area contributed by atoms with Crippen molar-refractivity contribution in [2.45, 2.75) is 39.4 Å². The Kier molecular flexibility index (Phi) is 3.93. The number of aromatic amines is 1. The minimum atomic E-state index is -0.517. The quantitative estimate of drug-likeness (QED) is 0.864. The van der Waals surface area contributed by atoms with Gasteiger partial charge in [0.25, 0.3) is 0 Å². The lowest BCUT2D eigenvalue weighted by atomic mass is 10.2. The van der Waals surface area contributed by atoms with E-state index in [1.165, 1.54) is 6.33 Å². The molecule has 23 heavy (non-hydrogen) atoms. The third kappa shape index (κ3) is 3.42. The van der Waals surface area contributed by atoms with Crippen molar-refractivity contribution in [3.05, 3.63) is 17.8 Å². The molecule has 1 N–H and O–H groups in total. The molecule has 1 saturated heterocycles. The molecule has 0 aromatic carbocycles. The predicted octanol–water partition coefficient (Wildman–Crippen LogP) is 1.97. The van der Waals surface area contributed by atoms with E-state index in [9.17, 15) is 4.79 Å². The summed E-state index contributed by atoms with van der Waals surface area (Å²) in [6.07, 6.45) is 0.830. The molecule has 0 radical (unpaired) electrons. The maximum atomic E-state index is 12.2. The number of hydrogen-bond donors (Lipinski definition) is 1. The van der Waals surface area contributed by atoms with Gasteiger partial charge in [0.05, 0.1) is 18.8 Å². The van der Waals surface area contributed by atoms with Crippen molar-refractivity contribution in [2.24, 2.45) is 0 Å². The summed E-state index contributed by atoms with van der Waals surface area (Å²) in [4.78, 5) is 29.8. The van der Waals surface area contributed by atoms with E-state index < -0.39 is 5.60 Å². The van der Waals surface area contributed by atoms with Crippen molar-refractivity contribution in [1.82, 2.24) is 24.8 Å². The van der Waals surface area contributed by atoms with E-state index in [4.69, 9.17) is 9.47 Å². The van der Waals surface area contributed by atoms with E-state index in [-0.39, 0.29) is 12.2 Å². The first kappa shape index (κ1) is 15.7. The molecule has 1 atom stereocenters. The average molecular weight is 319 g/mol. The molecule has 2 aromatic rings. The van der Waals surface area contributed by atoms with Crippen LogP contribution in [0.15, 0.2) is 6.33 Å². The number of aryl methyl sites for hydroxylation is 1. The average Bonchev–Trinajstić information content (AvgIpc) is 2.91. The Bertz CT molecular complexity index is 721. The van der Waals surface area contributed by atoms with Gasteiger partial charge >= 0.3 is 6.09 Å². The zero-order valence-electron chi connectivity index (χ0n) is 13.8. The fourth-order valence-corrected chi connectivity index (χ4v) is 2.42. The summed E-state index contributed by atoms with van der Waals surface area (Å²) < 4.78 is 11.2. The Hall–Kier alpha value is -2.22. The van der Waals surface area contributed by atoms with Crippen LogP contribution in [0.5, 0.6) is 0 Å². The molecule has 8 heteroatoms. The lowest BCUT2D eigenvalue weighted by Gasteiger charge is -2.33. The molecule has 2 aromatic heterocycles. The fourth-order valence-electron chi connectivity index (χ4n) is 2.42. The Labute approximate surface area is 134 Å². The third-order valence-corrected chi connectivity index (χ3v) is 3.51. The van der Waals surface area contributed by atoms with Crippen LogP contribution in [0.1, 0.15) is 38.4 Å². The number of fused-ring (bicyclic) bond motifs is 1. The second-order valence-electron chi connectivity index (χ2n) is 6.56. The number of nitrogens with zero attached hydrogens (tertiary/aromatic N) is 4. The van der Waals surface area contributed by atoms with Crippen molar-refractivity contribution in [3.63, 3.8) is 0 Å². The van der Waals surface area contributed by atoms with Gasteiger partial charge in [-0.05, 0) is 27.7 Å². The van der Waals surface area contributed by atoms with Crippen LogP contribution in [-0.4, -0.2) is 56.2 Å². The second kappa shape index (κ2) is 5.77. The summed E-state index contributed by atoms with van der Waals surface area (Å²) in [5.74, 6) is 0.650. The molecule has 1 amide bonds. The first-order chi connectivity index (χ1) is 10.8. The van der Waals surface area contributed by atoms with Crippen molar-refractivity contribution < 1.29 is 14.3 Å². The van der Waals surface area contributed by atoms with Gasteiger partial charge in [-0.2, -0.15) is 0 Å². The normalized spacial score (nSPS) is 19.1. The number of rotatable bonds is 1. The summed E-state index contributed by atoms with van der Waals surface area (Å²) in [6, 6.07) is 0. The largest absolute Gasteiger partial charge is 0.444 e. The zero-order valence-corrected chi connectivity index (χ0v) is 13.8. The number of ether oxygens (including phenoxy) is 2. The van der Waals surface area contributed by atoms with Crippen LogP contribution in [0.4, 0.5) is 4.79 Å². The smallest absolute Gasteiger partial charge is 0.410 e. The molecular weight excluding hydrogens is 298 g/mol. The number of aromatic nitrogens is 4. The number of hydrogen-bond acceptors (Lipinski definition) is 6. The van der Waals surface area contributed by atoms with Gasteiger partial charge in [-0.1, -0.05) is 0 Å². The van der Waals surface area contributed by atoms with Crippen LogP contribution in [0.3, 0.4) is 0 Å². The minimum Gasteiger partial charge on any atom is -0.444 e. The first-order valence-corrected chi connectivity index (χ1v) is 7.60. The highest BCUT2D eigenvalue weighted by atomic mass is 16.6. The fraction of sp³-hybridized carbons (Fsp3) is 0.600. The van der Waals surface area contributed by atoms with Crippen molar-refractivity contribution in [1.29, 1.82) is 0 Å². The van der Waals surface area contributed by atoms with Crippen LogP contribution in [-0.2, 0) is 9.47 Å². The number of imidazole rings is 1. The standard InChI is InChI=1S/C15H21N5O3/c1-9-11-13(17-8-16-9)19-12(18-11)10-7-20(5-6-22-10)14(21)23-15(2,3)4/h8,10H,5-7H2,1-4H3,(H,16,17,18,19). The van der Waals surface area contributed by atoms with Gasteiger partial charge < -0.3 is 19.4 Å². The number of amides is 1. The maximum absolute atomic E-state index is 12.2. The Balaban J connectivity index is 1.77. The van der Waals surface area contributed by atoms with Crippen molar-refractivity contribution >= 4 is 17.3 Å². The number of nitrogens with one attached hydrogen (secondary N) is 1. The van der Waals surface area contributed by atoms with E-state index in [0.29, 0.717) is 31.2 Å². The topological polar surface area (TPSA) is 93.2 Å². The Morgan fingerprint density at radius 1 is 1.43 bits per heavy atom. The van der Waals surface area contributed by atoms with E-state index in [1.54, 1.807) is 4.90 Å². The van der Waals surface area contributed by atoms with Gasteiger partial charge in [0.2, 0.25) is 0 Å². The Morgan fingerprint density at radius 3 is 2.91 bits per heavy atom. The summed E-state index contributed by atoms with van der Waals surface area (Å²) in [5.41, 5.74) is 1.68. The highest BCUT2D eigenvalue weighted by Gasteiger charge is 2.30. The summed E-state index contributed by atoms with van der Waals surface area (Å²) in [7, 11) is 0. The third-order valence-electron chi connectivity index (χ3n) is 3.51. The molecule has 1 unspecified atom stereocenters. The SMILES string of the molecule is Cc1ncnc2[nH]c(C3CN(C(=O)OC(C)(C)C)CCO3)nc12. The highest BCUT2D eigenvalue weighted by Crippen LogP contribution is 2.23. The highest BCUT2D eigenvalue weighted by molar-refractivity contribution is 5.72. The van der Waals surface area contributed by atoms with E-state index in [1.807, 2.05) is 27.7 Å². The number of morpholine rings is 1. The van der Waals surface area contributed by atoms with Crippen LogP contribution in [0, 0.1) is 6.92 Å². The number of H-pyrrole nitrogens is 1. The Morgan fingerprint density at radius 2 is 2.22 bits per heavy atom. The lowest BCUT2D eigenvalue weighted by molar-refractivity contribution is -0.0459. The van der Waals surface area contributed by atoms with Crippen LogP contribution in [0.25, 0.3) is 11.2 Å². The van der Waals surface area contributed by atoms with Gasteiger partial charge in [0.15, 0.2) is 5.65 Å². The van der Waals surface area contributed by atoms with Crippen molar-refractivity contribution in [3.8, 4) is 0 Å². The molecule has 1 aliphatic heterocycles. The van der Waals surface area contributed by atoms with E-state index >= 15 is 0 Å². The predicted molar refractivity (Wildman–Crippen MR) is 82.9 cm³/mol. The van der Waals surface area contributed by atoms with Gasteiger partial charge in [-0.3, -0.25) is 0 Å². The molecule has 0 bridgehead atoms. The molecule has 0 aliphatic carbocycles. The molecule has 3 rings (SSSR count). The summed E-state index contributed by atoms with van der Waals surface area (Å²) >= 11 is 0. The first-order valence-electron chi connectivity index (χ1n) is 7.60. The molecular formula is C15H21N5O3. The van der Waals surface area contributed by atoms with Crippen molar-refractivity contribution in [2.75, 3.05) is 19.7 Å². The van der Waals surface area contributed by atoms with Gasteiger partial charge in [0.1, 0.15) is 29.4 Å². The molecule has 0 spiro atoms. The van der Waals surface area contributed by atoms with Crippen LogP contribution >= 0.6 is 0 Å². The molecule has 0 saturated carbocycles. The number of carbonyl (C=O) groups excluding carboxylic acids is 1. The summed E-state index contributed by atoms with van der Waals surface area (Å²) in [5, 5.41) is 0. The van der Waals surface area contributed by atoms with Gasteiger partial charge in [-0.25, -0.2) is 19.7 Å². The molecule has 8 nitrogen and oxygen atoms in total. The number of carbonyl (C=O) groups is 1. The minimum absolute atomic E-state index is 0.329. The zero-order chi connectivity index (χ0) is 16.6. The molecule has 1 aliphatic rings. The monoisotopic (exact) mass is 319 g/mol. The maximum Gasteiger partial charge on any atom is 0.410 e. The van der Waals surface area contributed by atoms with Crippen LogP contribution in [0.2, 0.25) is 0 Å².